The Balaban J connectivity index is 1.91. The quantitative estimate of drug-likeness (QED) is 0.767. The summed E-state index contributed by atoms with van der Waals surface area (Å²) in [6, 6.07) is 0.0580. The van der Waals surface area contributed by atoms with E-state index in [1.165, 1.54) is 0 Å². The first kappa shape index (κ1) is 17.1. The molecule has 3 rings (SSSR count). The van der Waals surface area contributed by atoms with Crippen LogP contribution in [0.25, 0.3) is 0 Å². The van der Waals surface area contributed by atoms with E-state index in [-0.39, 0.29) is 12.1 Å². The maximum absolute atomic E-state index is 12.8. The van der Waals surface area contributed by atoms with Gasteiger partial charge in [0.05, 0.1) is 6.04 Å². The summed E-state index contributed by atoms with van der Waals surface area (Å²) >= 11 is 5.57. The van der Waals surface area contributed by atoms with Crippen LogP contribution in [0.2, 0.25) is 0 Å². The van der Waals surface area contributed by atoms with Crippen LogP contribution in [-0.4, -0.2) is 44.8 Å². The number of carbonyl (C=O) groups is 1. The van der Waals surface area contributed by atoms with Gasteiger partial charge in [0.2, 0.25) is 0 Å². The van der Waals surface area contributed by atoms with Gasteiger partial charge in [0.1, 0.15) is 10.2 Å². The highest BCUT2D eigenvalue weighted by Crippen LogP contribution is 2.43. The molecule has 3 heterocycles. The monoisotopic (exact) mass is 401 g/mol. The average Bonchev–Trinajstić information content (AvgIpc) is 2.87. The Bertz CT molecular complexity index is 578. The number of amides is 1. The number of rotatable bonds is 1. The fraction of sp³-hybridized carbons (Fsp3) is 0.750. The van der Waals surface area contributed by atoms with Gasteiger partial charge in [0.15, 0.2) is 0 Å². The molecule has 0 aromatic carbocycles. The summed E-state index contributed by atoms with van der Waals surface area (Å²) in [5.41, 5.74) is 1.83. The van der Waals surface area contributed by atoms with Crippen LogP contribution in [0.1, 0.15) is 50.9 Å². The first-order chi connectivity index (χ1) is 10.9. The van der Waals surface area contributed by atoms with E-state index in [1.54, 1.807) is 0 Å². The van der Waals surface area contributed by atoms with E-state index in [2.05, 4.69) is 26.1 Å². The molecule has 1 saturated heterocycles. The van der Waals surface area contributed by atoms with Crippen LogP contribution in [0.3, 0.4) is 0 Å². The SMILES string of the molecule is CC(C)(C)OC(=O)N1CCc2[nH]nc(Br)c2C1C1CCSCC1. The normalized spacial score (nSPS) is 22.8. The number of nitrogens with one attached hydrogen (secondary N) is 1. The molecule has 0 bridgehead atoms. The van der Waals surface area contributed by atoms with Crippen molar-refractivity contribution in [3.63, 3.8) is 0 Å². The minimum Gasteiger partial charge on any atom is -0.444 e. The number of fused-ring (bicyclic) bond motifs is 1. The smallest absolute Gasteiger partial charge is 0.410 e. The van der Waals surface area contributed by atoms with Crippen LogP contribution in [0.4, 0.5) is 4.79 Å². The van der Waals surface area contributed by atoms with Crippen molar-refractivity contribution in [2.75, 3.05) is 18.1 Å². The zero-order chi connectivity index (χ0) is 16.6. The molecule has 0 spiro atoms. The largest absolute Gasteiger partial charge is 0.444 e. The minimum absolute atomic E-state index is 0.0580. The molecule has 0 radical (unpaired) electrons. The average molecular weight is 402 g/mol. The maximum atomic E-state index is 12.8. The van der Waals surface area contributed by atoms with Gasteiger partial charge in [0.25, 0.3) is 0 Å². The summed E-state index contributed by atoms with van der Waals surface area (Å²) in [5.74, 6) is 2.79. The van der Waals surface area contributed by atoms with Crippen LogP contribution >= 0.6 is 27.7 Å². The Morgan fingerprint density at radius 3 is 2.74 bits per heavy atom. The molecular formula is C16H24BrN3O2S. The Morgan fingerprint density at radius 2 is 2.09 bits per heavy atom. The number of thioether (sulfide) groups is 1. The second kappa shape index (κ2) is 6.67. The fourth-order valence-electron chi connectivity index (χ4n) is 3.43. The molecular weight excluding hydrogens is 378 g/mol. The van der Waals surface area contributed by atoms with Crippen molar-refractivity contribution in [2.24, 2.45) is 5.92 Å². The van der Waals surface area contributed by atoms with Gasteiger partial charge >= 0.3 is 6.09 Å². The van der Waals surface area contributed by atoms with Crippen molar-refractivity contribution in [2.45, 2.75) is 51.7 Å². The summed E-state index contributed by atoms with van der Waals surface area (Å²) in [6.07, 6.45) is 2.85. The van der Waals surface area contributed by atoms with E-state index in [0.717, 1.165) is 46.6 Å². The number of hydrogen-bond acceptors (Lipinski definition) is 4. The van der Waals surface area contributed by atoms with Gasteiger partial charge < -0.3 is 9.64 Å². The van der Waals surface area contributed by atoms with E-state index in [9.17, 15) is 4.79 Å². The first-order valence-electron chi connectivity index (χ1n) is 8.17. The van der Waals surface area contributed by atoms with Crippen molar-refractivity contribution < 1.29 is 9.53 Å². The fourth-order valence-corrected chi connectivity index (χ4v) is 5.13. The molecule has 0 aliphatic carbocycles. The number of carbonyl (C=O) groups excluding carboxylic acids is 1. The molecule has 1 aromatic heterocycles. The highest BCUT2D eigenvalue weighted by atomic mass is 79.9. The lowest BCUT2D eigenvalue weighted by atomic mass is 9.85. The number of hydrogen-bond donors (Lipinski definition) is 1. The molecule has 1 atom stereocenters. The summed E-state index contributed by atoms with van der Waals surface area (Å²) in [7, 11) is 0. The van der Waals surface area contributed by atoms with Crippen molar-refractivity contribution in [1.82, 2.24) is 15.1 Å². The van der Waals surface area contributed by atoms with Gasteiger partial charge in [-0.3, -0.25) is 5.10 Å². The molecule has 1 aromatic rings. The number of aromatic nitrogens is 2. The van der Waals surface area contributed by atoms with E-state index in [1.807, 2.05) is 37.4 Å². The Kier molecular flexibility index (Phi) is 4.97. The van der Waals surface area contributed by atoms with Gasteiger partial charge in [-0.1, -0.05) is 0 Å². The Morgan fingerprint density at radius 1 is 1.39 bits per heavy atom. The van der Waals surface area contributed by atoms with Gasteiger partial charge in [-0.25, -0.2) is 4.79 Å². The predicted molar refractivity (Wildman–Crippen MR) is 95.7 cm³/mol. The first-order valence-corrected chi connectivity index (χ1v) is 10.1. The lowest BCUT2D eigenvalue weighted by Gasteiger charge is -2.41. The lowest BCUT2D eigenvalue weighted by Crippen LogP contribution is -2.46. The third-order valence-electron chi connectivity index (χ3n) is 4.41. The topological polar surface area (TPSA) is 58.2 Å². The molecule has 1 N–H and O–H groups in total. The lowest BCUT2D eigenvalue weighted by molar-refractivity contribution is 0.00596. The molecule has 2 aliphatic rings. The van der Waals surface area contributed by atoms with Gasteiger partial charge in [0, 0.05) is 24.2 Å². The molecule has 1 unspecified atom stereocenters. The zero-order valence-electron chi connectivity index (χ0n) is 13.9. The maximum Gasteiger partial charge on any atom is 0.410 e. The van der Waals surface area contributed by atoms with Gasteiger partial charge in [-0.05, 0) is 67.0 Å². The van der Waals surface area contributed by atoms with Crippen molar-refractivity contribution >= 4 is 33.8 Å². The Hall–Kier alpha value is -0.690. The third-order valence-corrected chi connectivity index (χ3v) is 6.06. The van der Waals surface area contributed by atoms with Crippen LogP contribution in [0.5, 0.6) is 0 Å². The zero-order valence-corrected chi connectivity index (χ0v) is 16.3. The third kappa shape index (κ3) is 3.71. The summed E-state index contributed by atoms with van der Waals surface area (Å²) in [5, 5.41) is 7.44. The summed E-state index contributed by atoms with van der Waals surface area (Å²) in [6.45, 7) is 6.44. The molecule has 7 heteroatoms. The molecule has 1 fully saturated rings. The van der Waals surface area contributed by atoms with E-state index < -0.39 is 5.60 Å². The molecule has 1 amide bonds. The van der Waals surface area contributed by atoms with Crippen molar-refractivity contribution in [1.29, 1.82) is 0 Å². The Labute approximate surface area is 150 Å². The van der Waals surface area contributed by atoms with Crippen molar-refractivity contribution in [3.05, 3.63) is 15.9 Å². The summed E-state index contributed by atoms with van der Waals surface area (Å²) in [4.78, 5) is 14.7. The van der Waals surface area contributed by atoms with Crippen LogP contribution in [-0.2, 0) is 11.2 Å². The molecule has 23 heavy (non-hydrogen) atoms. The van der Waals surface area contributed by atoms with Gasteiger partial charge in [-0.15, -0.1) is 0 Å². The molecule has 128 valence electrons. The highest BCUT2D eigenvalue weighted by molar-refractivity contribution is 9.10. The number of halogens is 1. The number of H-pyrrole nitrogens is 1. The van der Waals surface area contributed by atoms with Crippen LogP contribution in [0.15, 0.2) is 4.60 Å². The molecule has 2 aliphatic heterocycles. The van der Waals surface area contributed by atoms with Crippen LogP contribution in [0, 0.1) is 5.92 Å². The summed E-state index contributed by atoms with van der Waals surface area (Å²) < 4.78 is 6.50. The highest BCUT2D eigenvalue weighted by Gasteiger charge is 2.41. The second-order valence-electron chi connectivity index (χ2n) is 7.23. The van der Waals surface area contributed by atoms with E-state index >= 15 is 0 Å². The second-order valence-corrected chi connectivity index (χ2v) is 9.20. The standard InChI is InChI=1S/C16H24BrN3O2S/c1-16(2,3)22-15(21)20-7-4-11-12(14(17)19-18-11)13(20)10-5-8-23-9-6-10/h10,13H,4-9H2,1-3H3,(H,18,19). The van der Waals surface area contributed by atoms with Gasteiger partial charge in [-0.2, -0.15) is 16.9 Å². The van der Waals surface area contributed by atoms with E-state index in [0.29, 0.717) is 12.5 Å². The minimum atomic E-state index is -0.474. The predicted octanol–water partition coefficient (Wildman–Crippen LogP) is 4.15. The molecule has 0 saturated carbocycles. The van der Waals surface area contributed by atoms with Crippen LogP contribution < -0.4 is 0 Å². The number of nitrogens with zero attached hydrogens (tertiary/aromatic N) is 2. The number of ether oxygens (including phenoxy) is 1. The van der Waals surface area contributed by atoms with Crippen molar-refractivity contribution in [3.8, 4) is 0 Å². The molecule has 5 nitrogen and oxygen atoms in total. The number of aromatic amines is 1. The van der Waals surface area contributed by atoms with E-state index in [4.69, 9.17) is 4.74 Å².